The minimum atomic E-state index is -1.20. The highest BCUT2D eigenvalue weighted by Gasteiger charge is 2.28. The van der Waals surface area contributed by atoms with Crippen LogP contribution in [0.15, 0.2) is 36.8 Å². The minimum Gasteiger partial charge on any atom is -0.304 e. The Morgan fingerprint density at radius 3 is 2.58 bits per heavy atom. The number of rotatable bonds is 4. The highest BCUT2D eigenvalue weighted by molar-refractivity contribution is 5.65. The zero-order chi connectivity index (χ0) is 23.1. The summed E-state index contributed by atoms with van der Waals surface area (Å²) in [5.41, 5.74) is 3.56. The highest BCUT2D eigenvalue weighted by atomic mass is 19.2. The summed E-state index contributed by atoms with van der Waals surface area (Å²) < 4.78 is 45.2. The van der Waals surface area contributed by atoms with Gasteiger partial charge in [0.2, 0.25) is 0 Å². The fourth-order valence-electron chi connectivity index (χ4n) is 4.19. The van der Waals surface area contributed by atoms with Gasteiger partial charge in [-0.25, -0.2) is 27.8 Å². The number of fused-ring (bicyclic) bond motifs is 1. The van der Waals surface area contributed by atoms with Crippen LogP contribution in [0.1, 0.15) is 53.1 Å². The van der Waals surface area contributed by atoms with E-state index in [1.54, 1.807) is 17.1 Å². The van der Waals surface area contributed by atoms with Crippen LogP contribution in [0, 0.1) is 31.3 Å². The Labute approximate surface area is 188 Å². The molecule has 1 aliphatic heterocycles. The quantitative estimate of drug-likeness (QED) is 0.411. The Kier molecular flexibility index (Phi) is 5.32. The molecule has 0 saturated carbocycles. The van der Waals surface area contributed by atoms with Crippen LogP contribution in [0.5, 0.6) is 0 Å². The summed E-state index contributed by atoms with van der Waals surface area (Å²) in [4.78, 5) is 13.4. The molecular weight excluding hydrogens is 429 g/mol. The van der Waals surface area contributed by atoms with Crippen molar-refractivity contribution in [3.05, 3.63) is 88.5 Å². The largest absolute Gasteiger partial charge is 0.304 e. The van der Waals surface area contributed by atoms with Crippen molar-refractivity contribution in [2.24, 2.45) is 0 Å². The van der Waals surface area contributed by atoms with Crippen LogP contribution >= 0.6 is 0 Å². The van der Waals surface area contributed by atoms with E-state index in [1.165, 1.54) is 0 Å². The molecule has 0 saturated heterocycles. The van der Waals surface area contributed by atoms with Gasteiger partial charge in [0, 0.05) is 30.3 Å². The number of pyridine rings is 1. The second kappa shape index (κ2) is 8.31. The molecule has 0 unspecified atom stereocenters. The molecular formula is C24H21F3N6. The zero-order valence-electron chi connectivity index (χ0n) is 18.1. The van der Waals surface area contributed by atoms with E-state index in [9.17, 15) is 13.2 Å². The molecule has 0 spiro atoms. The third kappa shape index (κ3) is 4.06. The molecule has 5 rings (SSSR count). The molecule has 0 N–H and O–H groups in total. The maximum absolute atomic E-state index is 14.4. The number of imidazole rings is 1. The van der Waals surface area contributed by atoms with Crippen LogP contribution in [-0.4, -0.2) is 29.3 Å². The summed E-state index contributed by atoms with van der Waals surface area (Å²) in [6.07, 6.45) is 8.56. The predicted molar refractivity (Wildman–Crippen MR) is 117 cm³/mol. The summed E-state index contributed by atoms with van der Waals surface area (Å²) in [6, 6.07) is 5.37. The molecule has 0 bridgehead atoms. The second-order valence-corrected chi connectivity index (χ2v) is 8.13. The minimum absolute atomic E-state index is 0.0976. The van der Waals surface area contributed by atoms with Gasteiger partial charge in [0.25, 0.3) is 0 Å². The lowest BCUT2D eigenvalue weighted by Crippen LogP contribution is -2.19. The Morgan fingerprint density at radius 1 is 1.00 bits per heavy atom. The van der Waals surface area contributed by atoms with Gasteiger partial charge in [-0.05, 0) is 57.0 Å². The predicted octanol–water partition coefficient (Wildman–Crippen LogP) is 4.99. The standard InChI is InChI=1S/C24H21F3N6/c1-14-12-32(13-28-14)22-7-5-16(29-15(22)2)6-8-23-30-24-17(4-3-9-33(24)31-23)18-10-20(26)21(27)11-19(18)25/h5-8,10-13,17H,3-4,9H2,1-2H3/b8-6+/t17-/m1/s1. The Balaban J connectivity index is 1.41. The fraction of sp³-hybridized carbons (Fsp3) is 0.250. The van der Waals surface area contributed by atoms with Crippen molar-refractivity contribution < 1.29 is 13.2 Å². The molecule has 4 aromatic rings. The lowest BCUT2D eigenvalue weighted by molar-refractivity contribution is 0.429. The number of halogens is 3. The van der Waals surface area contributed by atoms with Crippen molar-refractivity contribution in [2.45, 2.75) is 39.2 Å². The molecule has 9 heteroatoms. The number of hydrogen-bond acceptors (Lipinski definition) is 4. The molecule has 1 aliphatic rings. The van der Waals surface area contributed by atoms with Crippen molar-refractivity contribution in [1.29, 1.82) is 0 Å². The lowest BCUT2D eigenvalue weighted by atomic mass is 9.90. The van der Waals surface area contributed by atoms with Gasteiger partial charge in [-0.15, -0.1) is 0 Å². The van der Waals surface area contributed by atoms with E-state index >= 15 is 0 Å². The molecule has 0 amide bonds. The van der Waals surface area contributed by atoms with E-state index in [-0.39, 0.29) is 5.56 Å². The van der Waals surface area contributed by atoms with Gasteiger partial charge >= 0.3 is 0 Å². The summed E-state index contributed by atoms with van der Waals surface area (Å²) in [5, 5.41) is 4.49. The van der Waals surface area contributed by atoms with Crippen molar-refractivity contribution >= 4 is 12.2 Å². The van der Waals surface area contributed by atoms with Crippen LogP contribution < -0.4 is 0 Å². The molecule has 33 heavy (non-hydrogen) atoms. The maximum atomic E-state index is 14.4. The number of aromatic nitrogens is 6. The molecule has 6 nitrogen and oxygen atoms in total. The SMILES string of the molecule is Cc1cn(-c2ccc(/C=C/c3nc4n(n3)CCC[C@@H]4c3cc(F)c(F)cc3F)nc2C)cn1. The Hall–Kier alpha value is -3.75. The summed E-state index contributed by atoms with van der Waals surface area (Å²) in [5.74, 6) is -2.54. The monoisotopic (exact) mass is 450 g/mol. The Morgan fingerprint density at radius 2 is 1.82 bits per heavy atom. The summed E-state index contributed by atoms with van der Waals surface area (Å²) in [6.45, 7) is 4.49. The van der Waals surface area contributed by atoms with E-state index in [4.69, 9.17) is 0 Å². The number of aryl methyl sites for hydroxylation is 3. The van der Waals surface area contributed by atoms with Crippen molar-refractivity contribution in [1.82, 2.24) is 29.3 Å². The molecule has 0 fully saturated rings. The maximum Gasteiger partial charge on any atom is 0.174 e. The van der Waals surface area contributed by atoms with Crippen LogP contribution in [0.4, 0.5) is 13.2 Å². The van der Waals surface area contributed by atoms with E-state index in [2.05, 4.69) is 20.1 Å². The highest BCUT2D eigenvalue weighted by Crippen LogP contribution is 2.34. The molecule has 168 valence electrons. The molecule has 4 heterocycles. The van der Waals surface area contributed by atoms with Crippen LogP contribution in [0.2, 0.25) is 0 Å². The van der Waals surface area contributed by atoms with Crippen molar-refractivity contribution in [3.63, 3.8) is 0 Å². The van der Waals surface area contributed by atoms with Crippen molar-refractivity contribution in [3.8, 4) is 5.69 Å². The fourth-order valence-corrected chi connectivity index (χ4v) is 4.19. The average Bonchev–Trinajstić information content (AvgIpc) is 3.40. The Bertz CT molecular complexity index is 1370. The first-order valence-electron chi connectivity index (χ1n) is 10.6. The van der Waals surface area contributed by atoms with Gasteiger partial charge in [0.1, 0.15) is 11.6 Å². The van der Waals surface area contributed by atoms with Gasteiger partial charge in [-0.2, -0.15) is 5.10 Å². The molecule has 1 aromatic carbocycles. The zero-order valence-corrected chi connectivity index (χ0v) is 18.1. The van der Waals surface area contributed by atoms with Crippen LogP contribution in [-0.2, 0) is 6.54 Å². The molecule has 0 radical (unpaired) electrons. The van der Waals surface area contributed by atoms with Crippen LogP contribution in [0.3, 0.4) is 0 Å². The van der Waals surface area contributed by atoms with Gasteiger partial charge < -0.3 is 4.57 Å². The van der Waals surface area contributed by atoms with Gasteiger partial charge in [-0.1, -0.05) is 0 Å². The number of nitrogens with zero attached hydrogens (tertiary/aromatic N) is 6. The van der Waals surface area contributed by atoms with Crippen LogP contribution in [0.25, 0.3) is 17.8 Å². The summed E-state index contributed by atoms with van der Waals surface area (Å²) >= 11 is 0. The normalized spacial score (nSPS) is 15.8. The molecule has 1 atom stereocenters. The lowest BCUT2D eigenvalue weighted by Gasteiger charge is -2.22. The van der Waals surface area contributed by atoms with Gasteiger partial charge in [0.05, 0.1) is 29.1 Å². The topological polar surface area (TPSA) is 61.4 Å². The van der Waals surface area contributed by atoms with E-state index in [1.807, 2.05) is 42.8 Å². The van der Waals surface area contributed by atoms with Gasteiger partial charge in [-0.3, -0.25) is 4.98 Å². The van der Waals surface area contributed by atoms with Crippen molar-refractivity contribution in [2.75, 3.05) is 0 Å². The van der Waals surface area contributed by atoms with E-state index in [0.717, 1.165) is 35.3 Å². The van der Waals surface area contributed by atoms with Gasteiger partial charge in [0.15, 0.2) is 17.5 Å². The molecule has 0 aliphatic carbocycles. The van der Waals surface area contributed by atoms with E-state index < -0.39 is 23.4 Å². The average molecular weight is 450 g/mol. The first kappa shape index (κ1) is 21.1. The molecule has 3 aromatic heterocycles. The second-order valence-electron chi connectivity index (χ2n) is 8.13. The number of hydrogen-bond donors (Lipinski definition) is 0. The summed E-state index contributed by atoms with van der Waals surface area (Å²) in [7, 11) is 0. The third-order valence-corrected chi connectivity index (χ3v) is 5.78. The van der Waals surface area contributed by atoms with E-state index in [0.29, 0.717) is 30.7 Å². The number of benzene rings is 1. The smallest absolute Gasteiger partial charge is 0.174 e. The first-order valence-corrected chi connectivity index (χ1v) is 10.6. The third-order valence-electron chi connectivity index (χ3n) is 5.78. The first-order chi connectivity index (χ1) is 15.9.